The van der Waals surface area contributed by atoms with Crippen LogP contribution in [0, 0.1) is 0 Å². The number of hydrogen-bond donors (Lipinski definition) is 0. The van der Waals surface area contributed by atoms with Gasteiger partial charge in [-0.15, -0.1) is 0 Å². The van der Waals surface area contributed by atoms with Crippen LogP contribution >= 0.6 is 15.9 Å². The summed E-state index contributed by atoms with van der Waals surface area (Å²) in [5.74, 6) is 0. The summed E-state index contributed by atoms with van der Waals surface area (Å²) >= 11 is 3.46. The third-order valence-corrected chi connectivity index (χ3v) is 3.87. The number of hydrogen-bond acceptors (Lipinski definition) is 0. The molecule has 17 heavy (non-hydrogen) atoms. The molecule has 0 fully saturated rings. The molecule has 0 bridgehead atoms. The number of alkyl halides is 1. The van der Waals surface area contributed by atoms with Gasteiger partial charge in [0.1, 0.15) is 0 Å². The first-order chi connectivity index (χ1) is 8.07. The van der Waals surface area contributed by atoms with Crippen LogP contribution in [0.5, 0.6) is 0 Å². The van der Waals surface area contributed by atoms with E-state index in [4.69, 9.17) is 0 Å². The van der Waals surface area contributed by atoms with E-state index in [1.54, 1.807) is 11.1 Å². The van der Waals surface area contributed by atoms with Crippen LogP contribution in [0.4, 0.5) is 0 Å². The first-order valence-electron chi connectivity index (χ1n) is 6.92. The average Bonchev–Trinajstić information content (AvgIpc) is 2.28. The maximum absolute atomic E-state index is 3.46. The van der Waals surface area contributed by atoms with Gasteiger partial charge in [0.25, 0.3) is 0 Å². The molecule has 0 nitrogen and oxygen atoms in total. The Morgan fingerprint density at radius 2 is 1.53 bits per heavy atom. The summed E-state index contributed by atoms with van der Waals surface area (Å²) in [7, 11) is 0. The van der Waals surface area contributed by atoms with E-state index in [1.165, 1.54) is 50.5 Å². The minimum Gasteiger partial charge on any atom is -0.0928 e. The lowest BCUT2D eigenvalue weighted by molar-refractivity contribution is 0.669. The van der Waals surface area contributed by atoms with Crippen molar-refractivity contribution in [1.29, 1.82) is 0 Å². The summed E-state index contributed by atoms with van der Waals surface area (Å²) in [4.78, 5) is 0. The highest BCUT2D eigenvalue weighted by molar-refractivity contribution is 9.09. The minimum atomic E-state index is 1.12. The molecule has 0 aliphatic carbocycles. The van der Waals surface area contributed by atoms with Gasteiger partial charge in [-0.2, -0.15) is 0 Å². The summed E-state index contributed by atoms with van der Waals surface area (Å²) in [6.45, 7) is 8.97. The summed E-state index contributed by atoms with van der Waals surface area (Å²) in [5.41, 5.74) is 4.65. The fourth-order valence-corrected chi connectivity index (χ4v) is 2.07. The second-order valence-corrected chi connectivity index (χ2v) is 6.02. The maximum Gasteiger partial charge on any atom is 0.00342 e. The molecule has 0 aromatic carbocycles. The standard InChI is InChI=1S/C16H29Br/c1-14(2)16(4)12-7-5-6-10-15(3)11-8-9-13-17/h11H,5-10,12-13H2,1-4H3. The van der Waals surface area contributed by atoms with Crippen LogP contribution < -0.4 is 0 Å². The van der Waals surface area contributed by atoms with E-state index in [9.17, 15) is 0 Å². The molecule has 0 amide bonds. The lowest BCUT2D eigenvalue weighted by atomic mass is 10.0. The van der Waals surface area contributed by atoms with E-state index in [0.29, 0.717) is 0 Å². The smallest absolute Gasteiger partial charge is 0.00342 e. The van der Waals surface area contributed by atoms with Gasteiger partial charge < -0.3 is 0 Å². The average molecular weight is 301 g/mol. The highest BCUT2D eigenvalue weighted by Crippen LogP contribution is 2.15. The monoisotopic (exact) mass is 300 g/mol. The molecule has 0 saturated heterocycles. The Morgan fingerprint density at radius 1 is 0.882 bits per heavy atom. The second-order valence-electron chi connectivity index (χ2n) is 5.22. The second kappa shape index (κ2) is 11.1. The Kier molecular flexibility index (Phi) is 11.0. The Morgan fingerprint density at radius 3 is 2.12 bits per heavy atom. The van der Waals surface area contributed by atoms with Crippen molar-refractivity contribution < 1.29 is 0 Å². The van der Waals surface area contributed by atoms with Crippen molar-refractivity contribution in [3.05, 3.63) is 22.8 Å². The third kappa shape index (κ3) is 10.8. The highest BCUT2D eigenvalue weighted by Gasteiger charge is 1.95. The van der Waals surface area contributed by atoms with E-state index in [-0.39, 0.29) is 0 Å². The molecule has 0 radical (unpaired) electrons. The van der Waals surface area contributed by atoms with Crippen molar-refractivity contribution in [2.24, 2.45) is 0 Å². The fourth-order valence-electron chi connectivity index (χ4n) is 1.75. The van der Waals surface area contributed by atoms with E-state index in [1.807, 2.05) is 0 Å². The molecule has 100 valence electrons. The zero-order chi connectivity index (χ0) is 13.1. The number of allylic oxidation sites excluding steroid dienone is 4. The van der Waals surface area contributed by atoms with Gasteiger partial charge in [0, 0.05) is 5.33 Å². The molecule has 0 aromatic rings. The van der Waals surface area contributed by atoms with Gasteiger partial charge in [-0.3, -0.25) is 0 Å². The molecule has 0 aliphatic rings. The quantitative estimate of drug-likeness (QED) is 0.262. The van der Waals surface area contributed by atoms with Crippen LogP contribution in [-0.2, 0) is 0 Å². The normalized spacial score (nSPS) is 11.7. The number of halogens is 1. The minimum absolute atomic E-state index is 1.12. The SMILES string of the molecule is CC(=CCCCBr)CCCCCC(C)=C(C)C. The molecule has 0 aliphatic heterocycles. The molecule has 0 spiro atoms. The number of unbranched alkanes of at least 4 members (excludes halogenated alkanes) is 3. The Balaban J connectivity index is 3.51. The maximum atomic E-state index is 3.46. The first kappa shape index (κ1) is 17.0. The Bertz CT molecular complexity index is 244. The largest absolute Gasteiger partial charge is 0.0928 e. The molecular formula is C16H29Br. The van der Waals surface area contributed by atoms with Gasteiger partial charge in [0.05, 0.1) is 0 Å². The first-order valence-corrected chi connectivity index (χ1v) is 8.04. The zero-order valence-electron chi connectivity index (χ0n) is 12.1. The van der Waals surface area contributed by atoms with Crippen molar-refractivity contribution >= 4 is 15.9 Å². The van der Waals surface area contributed by atoms with E-state index >= 15 is 0 Å². The molecule has 0 atom stereocenters. The van der Waals surface area contributed by atoms with E-state index in [2.05, 4.69) is 49.7 Å². The van der Waals surface area contributed by atoms with Gasteiger partial charge in [-0.05, 0) is 66.2 Å². The van der Waals surface area contributed by atoms with Crippen molar-refractivity contribution in [2.75, 3.05) is 5.33 Å². The zero-order valence-corrected chi connectivity index (χ0v) is 13.7. The number of rotatable bonds is 9. The summed E-state index contributed by atoms with van der Waals surface area (Å²) in [5, 5.41) is 1.12. The molecular weight excluding hydrogens is 272 g/mol. The van der Waals surface area contributed by atoms with Gasteiger partial charge in [-0.1, -0.05) is 45.1 Å². The summed E-state index contributed by atoms with van der Waals surface area (Å²) in [6, 6.07) is 0. The van der Waals surface area contributed by atoms with Crippen molar-refractivity contribution in [3.63, 3.8) is 0 Å². The third-order valence-electron chi connectivity index (χ3n) is 3.31. The molecule has 0 heterocycles. The van der Waals surface area contributed by atoms with Crippen LogP contribution in [0.2, 0.25) is 0 Å². The lowest BCUT2D eigenvalue weighted by Gasteiger charge is -2.04. The van der Waals surface area contributed by atoms with Crippen LogP contribution in [0.25, 0.3) is 0 Å². The van der Waals surface area contributed by atoms with Crippen LogP contribution in [0.1, 0.15) is 72.6 Å². The topological polar surface area (TPSA) is 0 Å². The molecule has 0 N–H and O–H groups in total. The lowest BCUT2D eigenvalue weighted by Crippen LogP contribution is -1.84. The van der Waals surface area contributed by atoms with Crippen LogP contribution in [0.3, 0.4) is 0 Å². The van der Waals surface area contributed by atoms with Crippen molar-refractivity contribution in [1.82, 2.24) is 0 Å². The summed E-state index contributed by atoms with van der Waals surface area (Å²) < 4.78 is 0. The molecule has 0 aromatic heterocycles. The molecule has 1 heteroatoms. The van der Waals surface area contributed by atoms with Gasteiger partial charge in [0.15, 0.2) is 0 Å². The molecule has 0 saturated carbocycles. The van der Waals surface area contributed by atoms with Gasteiger partial charge in [-0.25, -0.2) is 0 Å². The van der Waals surface area contributed by atoms with Crippen LogP contribution in [0.15, 0.2) is 22.8 Å². The van der Waals surface area contributed by atoms with E-state index in [0.717, 1.165) is 5.33 Å². The Labute approximate surface area is 117 Å². The predicted octanol–water partition coefficient (Wildman–Crippen LogP) is 6.41. The summed E-state index contributed by atoms with van der Waals surface area (Å²) in [6.07, 6.45) is 11.5. The highest BCUT2D eigenvalue weighted by atomic mass is 79.9. The van der Waals surface area contributed by atoms with Gasteiger partial charge in [0.2, 0.25) is 0 Å². The van der Waals surface area contributed by atoms with E-state index < -0.39 is 0 Å². The molecule has 0 rings (SSSR count). The van der Waals surface area contributed by atoms with Crippen molar-refractivity contribution in [2.45, 2.75) is 72.6 Å². The van der Waals surface area contributed by atoms with Crippen LogP contribution in [-0.4, -0.2) is 5.33 Å². The predicted molar refractivity (Wildman–Crippen MR) is 83.9 cm³/mol. The Hall–Kier alpha value is -0.0400. The molecule has 0 unspecified atom stereocenters. The van der Waals surface area contributed by atoms with Crippen molar-refractivity contribution in [3.8, 4) is 0 Å². The fraction of sp³-hybridized carbons (Fsp3) is 0.750. The van der Waals surface area contributed by atoms with Gasteiger partial charge >= 0.3 is 0 Å².